The van der Waals surface area contributed by atoms with Gasteiger partial charge in [0, 0.05) is 11.6 Å². The number of hydrogen-bond donors (Lipinski definition) is 1. The lowest BCUT2D eigenvalue weighted by molar-refractivity contribution is 0.590. The maximum absolute atomic E-state index is 4.25. The van der Waals surface area contributed by atoms with Crippen LogP contribution in [0.4, 0.5) is 0 Å². The van der Waals surface area contributed by atoms with Gasteiger partial charge in [-0.15, -0.1) is 0 Å². The molecule has 0 atom stereocenters. The van der Waals surface area contributed by atoms with Crippen LogP contribution in [0.1, 0.15) is 63.8 Å². The Bertz CT molecular complexity index is 934. The molecule has 1 aromatic heterocycles. The van der Waals surface area contributed by atoms with Crippen molar-refractivity contribution in [3.8, 4) is 0 Å². The number of nitrogens with one attached hydrogen (secondary N) is 1. The van der Waals surface area contributed by atoms with E-state index in [1.54, 1.807) is 0 Å². The van der Waals surface area contributed by atoms with Gasteiger partial charge in [0.25, 0.3) is 0 Å². The van der Waals surface area contributed by atoms with Crippen molar-refractivity contribution in [3.05, 3.63) is 64.8 Å². The van der Waals surface area contributed by atoms with Gasteiger partial charge in [-0.3, -0.25) is 10.1 Å². The highest BCUT2D eigenvalue weighted by atomic mass is 15.1. The molecule has 0 saturated heterocycles. The van der Waals surface area contributed by atoms with E-state index in [0.717, 1.165) is 12.1 Å². The molecule has 3 nitrogen and oxygen atoms in total. The predicted molar refractivity (Wildman–Crippen MR) is 111 cm³/mol. The van der Waals surface area contributed by atoms with Crippen molar-refractivity contribution >= 4 is 17.1 Å². The van der Waals surface area contributed by atoms with E-state index >= 15 is 0 Å². The summed E-state index contributed by atoms with van der Waals surface area (Å²) >= 11 is 0. The van der Waals surface area contributed by atoms with Gasteiger partial charge < -0.3 is 0 Å². The normalized spacial score (nSPS) is 13.5. The predicted octanol–water partition coefficient (Wildman–Crippen LogP) is 5.78. The standard InChI is InChI=1S/C12H15N.C11H14N2/c1-12(2,3)11-5-4-9-7-13-8-10(9)6-11;1-11(2,3)9-5-4-8-7-12-13-10(8)6-9/h4-6,8H,7H2,1-3H3;4-7H,1-3H3,(H,12,13). The number of benzene rings is 2. The van der Waals surface area contributed by atoms with Gasteiger partial charge in [0.2, 0.25) is 0 Å². The molecular weight excluding hydrogens is 318 g/mol. The van der Waals surface area contributed by atoms with Crippen LogP contribution in [0.3, 0.4) is 0 Å². The van der Waals surface area contributed by atoms with Crippen LogP contribution < -0.4 is 0 Å². The molecule has 4 rings (SSSR count). The summed E-state index contributed by atoms with van der Waals surface area (Å²) < 4.78 is 0. The Morgan fingerprint density at radius 2 is 1.50 bits per heavy atom. The van der Waals surface area contributed by atoms with Gasteiger partial charge in [0.15, 0.2) is 0 Å². The molecule has 0 fully saturated rings. The van der Waals surface area contributed by atoms with Crippen LogP contribution in [0.15, 0.2) is 47.6 Å². The maximum Gasteiger partial charge on any atom is 0.0653 e. The van der Waals surface area contributed by atoms with Crippen molar-refractivity contribution in [1.29, 1.82) is 0 Å². The van der Waals surface area contributed by atoms with Gasteiger partial charge in [-0.2, -0.15) is 5.10 Å². The first kappa shape index (κ1) is 18.4. The Balaban J connectivity index is 0.000000151. The maximum atomic E-state index is 4.25. The number of nitrogens with zero attached hydrogens (tertiary/aromatic N) is 2. The number of aliphatic imine (C=N–C) groups is 1. The zero-order valence-electron chi connectivity index (χ0n) is 16.7. The molecule has 3 heteroatoms. The quantitative estimate of drug-likeness (QED) is 0.550. The van der Waals surface area contributed by atoms with E-state index in [1.165, 1.54) is 27.6 Å². The molecule has 0 aliphatic carbocycles. The molecule has 0 bridgehead atoms. The van der Waals surface area contributed by atoms with Gasteiger partial charge in [0.05, 0.1) is 18.3 Å². The minimum atomic E-state index is 0.208. The van der Waals surface area contributed by atoms with E-state index in [4.69, 9.17) is 0 Å². The van der Waals surface area contributed by atoms with Crippen LogP contribution in [0.5, 0.6) is 0 Å². The summed E-state index contributed by atoms with van der Waals surface area (Å²) in [7, 11) is 0. The molecule has 0 spiro atoms. The van der Waals surface area contributed by atoms with Crippen molar-refractivity contribution in [2.75, 3.05) is 0 Å². The largest absolute Gasteiger partial charge is 0.288 e. The molecule has 136 valence electrons. The third-order valence-electron chi connectivity index (χ3n) is 4.81. The van der Waals surface area contributed by atoms with Gasteiger partial charge in [-0.05, 0) is 45.2 Å². The zero-order chi connectivity index (χ0) is 18.9. The van der Waals surface area contributed by atoms with Crippen LogP contribution in [-0.2, 0) is 17.4 Å². The van der Waals surface area contributed by atoms with Crippen LogP contribution in [-0.4, -0.2) is 16.4 Å². The average molecular weight is 348 g/mol. The van der Waals surface area contributed by atoms with Gasteiger partial charge in [-0.1, -0.05) is 65.8 Å². The molecule has 0 unspecified atom stereocenters. The molecule has 0 amide bonds. The highest BCUT2D eigenvalue weighted by molar-refractivity contribution is 5.84. The fourth-order valence-electron chi connectivity index (χ4n) is 2.97. The summed E-state index contributed by atoms with van der Waals surface area (Å²) in [5.74, 6) is 0. The second-order valence-electron chi connectivity index (χ2n) is 9.06. The first-order chi connectivity index (χ1) is 12.1. The number of aromatic amines is 1. The molecule has 2 aromatic carbocycles. The van der Waals surface area contributed by atoms with Crippen LogP contribution in [0.2, 0.25) is 0 Å². The summed E-state index contributed by atoms with van der Waals surface area (Å²) in [5.41, 5.74) is 6.95. The van der Waals surface area contributed by atoms with Crippen molar-refractivity contribution < 1.29 is 0 Å². The number of fused-ring (bicyclic) bond motifs is 2. The Kier molecular flexibility index (Phi) is 4.74. The second kappa shape index (κ2) is 6.71. The van der Waals surface area contributed by atoms with E-state index in [2.05, 4.69) is 93.1 Å². The third-order valence-corrected chi connectivity index (χ3v) is 4.81. The minimum absolute atomic E-state index is 0.208. The first-order valence-electron chi connectivity index (χ1n) is 9.21. The lowest BCUT2D eigenvalue weighted by Gasteiger charge is -2.19. The lowest BCUT2D eigenvalue weighted by Crippen LogP contribution is -2.11. The Hall–Kier alpha value is -2.42. The highest BCUT2D eigenvalue weighted by Gasteiger charge is 2.16. The van der Waals surface area contributed by atoms with Crippen molar-refractivity contribution in [1.82, 2.24) is 10.2 Å². The summed E-state index contributed by atoms with van der Waals surface area (Å²) in [6.45, 7) is 14.2. The van der Waals surface area contributed by atoms with Crippen LogP contribution in [0, 0.1) is 0 Å². The fourth-order valence-corrected chi connectivity index (χ4v) is 2.97. The Labute approximate surface area is 156 Å². The molecule has 1 aliphatic heterocycles. The average Bonchev–Trinajstić information content (AvgIpc) is 3.21. The molecule has 0 saturated carbocycles. The Morgan fingerprint density at radius 1 is 0.846 bits per heavy atom. The fraction of sp³-hybridized carbons (Fsp3) is 0.391. The molecule has 1 aliphatic rings. The number of H-pyrrole nitrogens is 1. The van der Waals surface area contributed by atoms with E-state index in [1.807, 2.05) is 12.4 Å². The van der Waals surface area contributed by atoms with Gasteiger partial charge in [-0.25, -0.2) is 0 Å². The van der Waals surface area contributed by atoms with E-state index in [9.17, 15) is 0 Å². The van der Waals surface area contributed by atoms with Gasteiger partial charge in [0.1, 0.15) is 0 Å². The number of hydrogen-bond acceptors (Lipinski definition) is 2. The van der Waals surface area contributed by atoms with Crippen LogP contribution in [0.25, 0.3) is 10.9 Å². The first-order valence-corrected chi connectivity index (χ1v) is 9.21. The van der Waals surface area contributed by atoms with Crippen molar-refractivity contribution in [2.45, 2.75) is 58.9 Å². The number of aromatic nitrogens is 2. The zero-order valence-corrected chi connectivity index (χ0v) is 16.7. The van der Waals surface area contributed by atoms with Crippen LogP contribution >= 0.6 is 0 Å². The second-order valence-corrected chi connectivity index (χ2v) is 9.06. The summed E-state index contributed by atoms with van der Waals surface area (Å²) in [5, 5.41) is 8.16. The summed E-state index contributed by atoms with van der Waals surface area (Å²) in [6, 6.07) is 13.1. The summed E-state index contributed by atoms with van der Waals surface area (Å²) in [6.07, 6.45) is 3.83. The topological polar surface area (TPSA) is 41.0 Å². The van der Waals surface area contributed by atoms with Crippen molar-refractivity contribution in [2.24, 2.45) is 4.99 Å². The SMILES string of the molecule is CC(C)(C)c1ccc2c(c1)C=NC2.CC(C)(C)c1ccc2cn[nH]c2c1. The van der Waals surface area contributed by atoms with E-state index < -0.39 is 0 Å². The lowest BCUT2D eigenvalue weighted by atomic mass is 9.85. The van der Waals surface area contributed by atoms with Crippen molar-refractivity contribution in [3.63, 3.8) is 0 Å². The monoisotopic (exact) mass is 347 g/mol. The van der Waals surface area contributed by atoms with E-state index in [0.29, 0.717) is 0 Å². The van der Waals surface area contributed by atoms with Gasteiger partial charge >= 0.3 is 0 Å². The Morgan fingerprint density at radius 3 is 2.19 bits per heavy atom. The molecule has 1 N–H and O–H groups in total. The summed E-state index contributed by atoms with van der Waals surface area (Å²) in [4.78, 5) is 4.25. The number of rotatable bonds is 0. The molecule has 2 heterocycles. The molecule has 0 radical (unpaired) electrons. The van der Waals surface area contributed by atoms with E-state index in [-0.39, 0.29) is 10.8 Å². The molecule has 3 aromatic rings. The minimum Gasteiger partial charge on any atom is -0.288 e. The molecule has 26 heavy (non-hydrogen) atoms. The third kappa shape index (κ3) is 4.04. The smallest absolute Gasteiger partial charge is 0.0653 e. The molecular formula is C23H29N3. The highest BCUT2D eigenvalue weighted by Crippen LogP contribution is 2.26.